The molecule has 1 aliphatic rings. The van der Waals surface area contributed by atoms with Crippen LogP contribution in [0, 0.1) is 5.82 Å². The summed E-state index contributed by atoms with van der Waals surface area (Å²) in [7, 11) is 1.52. The molecule has 1 saturated heterocycles. The highest BCUT2D eigenvalue weighted by molar-refractivity contribution is 6.32. The molecule has 0 bridgehead atoms. The van der Waals surface area contributed by atoms with E-state index in [1.165, 1.54) is 19.4 Å². The minimum Gasteiger partial charge on any atom is -0.467 e. The number of halogens is 2. The maximum atomic E-state index is 13.8. The number of para-hydroxylation sites is 1. The number of hydrogen-bond acceptors (Lipinski definition) is 5. The second kappa shape index (κ2) is 6.36. The molecule has 0 amide bonds. The van der Waals surface area contributed by atoms with Crippen LogP contribution in [0.4, 0.5) is 15.9 Å². The lowest BCUT2D eigenvalue weighted by Crippen LogP contribution is -2.47. The summed E-state index contributed by atoms with van der Waals surface area (Å²) in [5, 5.41) is 0.486. The van der Waals surface area contributed by atoms with Crippen LogP contribution in [0.1, 0.15) is 0 Å². The number of aromatic nitrogens is 2. The van der Waals surface area contributed by atoms with E-state index in [2.05, 4.69) is 14.9 Å². The Morgan fingerprint density at radius 1 is 1.14 bits per heavy atom. The van der Waals surface area contributed by atoms with Crippen molar-refractivity contribution in [2.45, 2.75) is 0 Å². The lowest BCUT2D eigenvalue weighted by molar-refractivity contribution is 0.379. The first-order chi connectivity index (χ1) is 10.7. The van der Waals surface area contributed by atoms with Gasteiger partial charge in [0.2, 0.25) is 0 Å². The molecule has 0 saturated carbocycles. The highest BCUT2D eigenvalue weighted by Crippen LogP contribution is 2.27. The first kappa shape index (κ1) is 14.8. The van der Waals surface area contributed by atoms with Crippen LogP contribution in [0.25, 0.3) is 0 Å². The fraction of sp³-hybridized carbons (Fsp3) is 0.333. The van der Waals surface area contributed by atoms with Gasteiger partial charge in [-0.1, -0.05) is 23.7 Å². The van der Waals surface area contributed by atoms with Gasteiger partial charge in [-0.3, -0.25) is 0 Å². The molecule has 116 valence electrons. The maximum Gasteiger partial charge on any atom is 0.318 e. The van der Waals surface area contributed by atoms with Crippen molar-refractivity contribution < 1.29 is 9.13 Å². The lowest BCUT2D eigenvalue weighted by atomic mass is 10.2. The Bertz CT molecular complexity index is 662. The molecule has 3 rings (SSSR count). The Morgan fingerprint density at radius 2 is 1.82 bits per heavy atom. The van der Waals surface area contributed by atoms with Gasteiger partial charge in [0.05, 0.1) is 19.0 Å². The summed E-state index contributed by atoms with van der Waals surface area (Å²) in [6, 6.07) is 7.11. The monoisotopic (exact) mass is 322 g/mol. The van der Waals surface area contributed by atoms with E-state index in [0.717, 1.165) is 0 Å². The molecule has 2 aromatic rings. The van der Waals surface area contributed by atoms with Crippen LogP contribution < -0.4 is 14.5 Å². The van der Waals surface area contributed by atoms with E-state index in [-0.39, 0.29) is 11.8 Å². The van der Waals surface area contributed by atoms with Crippen LogP contribution in [0.3, 0.4) is 0 Å². The Labute approximate surface area is 133 Å². The molecule has 1 aliphatic heterocycles. The van der Waals surface area contributed by atoms with E-state index >= 15 is 0 Å². The summed E-state index contributed by atoms with van der Waals surface area (Å²) in [4.78, 5) is 12.4. The Balaban J connectivity index is 1.73. The van der Waals surface area contributed by atoms with E-state index in [4.69, 9.17) is 16.3 Å². The number of ether oxygens (including phenoxy) is 1. The van der Waals surface area contributed by atoms with Gasteiger partial charge in [-0.25, -0.2) is 9.37 Å². The number of piperazine rings is 1. The molecular formula is C15H16ClFN4O. The topological polar surface area (TPSA) is 41.5 Å². The van der Waals surface area contributed by atoms with Gasteiger partial charge < -0.3 is 14.5 Å². The molecule has 2 heterocycles. The first-order valence-electron chi connectivity index (χ1n) is 7.00. The zero-order valence-electron chi connectivity index (χ0n) is 12.2. The highest BCUT2D eigenvalue weighted by atomic mass is 35.5. The van der Waals surface area contributed by atoms with E-state index in [1.807, 2.05) is 11.0 Å². The van der Waals surface area contributed by atoms with Crippen LogP contribution in [-0.2, 0) is 0 Å². The number of rotatable bonds is 3. The van der Waals surface area contributed by atoms with Crippen molar-refractivity contribution >= 4 is 23.1 Å². The summed E-state index contributed by atoms with van der Waals surface area (Å²) >= 11 is 6.17. The summed E-state index contributed by atoms with van der Waals surface area (Å²) in [6.45, 7) is 2.80. The van der Waals surface area contributed by atoms with Gasteiger partial charge >= 0.3 is 6.01 Å². The molecule has 5 nitrogen and oxygen atoms in total. The zero-order chi connectivity index (χ0) is 15.5. The van der Waals surface area contributed by atoms with Crippen molar-refractivity contribution in [2.24, 2.45) is 0 Å². The smallest absolute Gasteiger partial charge is 0.318 e. The Kier molecular flexibility index (Phi) is 4.29. The molecular weight excluding hydrogens is 307 g/mol. The molecule has 0 aliphatic carbocycles. The van der Waals surface area contributed by atoms with Crippen LogP contribution in [0.2, 0.25) is 5.02 Å². The van der Waals surface area contributed by atoms with Gasteiger partial charge in [-0.2, -0.15) is 4.98 Å². The number of benzene rings is 1. The van der Waals surface area contributed by atoms with Crippen LogP contribution in [0.15, 0.2) is 30.5 Å². The minimum absolute atomic E-state index is 0.197. The quantitative estimate of drug-likeness (QED) is 0.869. The van der Waals surface area contributed by atoms with Crippen molar-refractivity contribution in [2.75, 3.05) is 43.1 Å². The maximum absolute atomic E-state index is 13.8. The first-order valence-corrected chi connectivity index (χ1v) is 7.38. The number of methoxy groups -OCH3 is 1. The minimum atomic E-state index is -0.197. The lowest BCUT2D eigenvalue weighted by Gasteiger charge is -2.37. The summed E-state index contributed by atoms with van der Waals surface area (Å²) < 4.78 is 18.9. The SMILES string of the molecule is COc1ncc(Cl)c(N2CCN(c3ccccc3F)CC2)n1. The Hall–Kier alpha value is -2.08. The van der Waals surface area contributed by atoms with E-state index in [9.17, 15) is 4.39 Å². The third kappa shape index (κ3) is 2.92. The number of nitrogens with zero attached hydrogens (tertiary/aromatic N) is 4. The number of anilines is 2. The predicted octanol–water partition coefficient (Wildman–Crippen LogP) is 2.60. The fourth-order valence-corrected chi connectivity index (χ4v) is 2.74. The molecule has 1 aromatic heterocycles. The standard InChI is InChI=1S/C15H16ClFN4O/c1-22-15-18-10-11(16)14(19-15)21-8-6-20(7-9-21)13-5-3-2-4-12(13)17/h2-5,10H,6-9H2,1H3. The highest BCUT2D eigenvalue weighted by Gasteiger charge is 2.22. The van der Waals surface area contributed by atoms with Gasteiger partial charge in [-0.05, 0) is 12.1 Å². The van der Waals surface area contributed by atoms with Crippen molar-refractivity contribution in [3.05, 3.63) is 41.3 Å². The third-order valence-electron chi connectivity index (χ3n) is 3.66. The van der Waals surface area contributed by atoms with Crippen molar-refractivity contribution in [1.29, 1.82) is 0 Å². The molecule has 0 spiro atoms. The fourth-order valence-electron chi connectivity index (χ4n) is 2.53. The molecule has 0 radical (unpaired) electrons. The largest absolute Gasteiger partial charge is 0.467 e. The normalized spacial score (nSPS) is 15.0. The van der Waals surface area contributed by atoms with Crippen molar-refractivity contribution in [3.8, 4) is 6.01 Å². The van der Waals surface area contributed by atoms with Gasteiger partial charge in [0.1, 0.15) is 10.8 Å². The Morgan fingerprint density at radius 3 is 2.50 bits per heavy atom. The molecule has 0 atom stereocenters. The molecule has 1 fully saturated rings. The summed E-state index contributed by atoms with van der Waals surface area (Å²) in [5.74, 6) is 0.458. The van der Waals surface area contributed by atoms with Gasteiger partial charge in [0.15, 0.2) is 5.82 Å². The third-order valence-corrected chi connectivity index (χ3v) is 3.93. The van der Waals surface area contributed by atoms with Crippen molar-refractivity contribution in [3.63, 3.8) is 0 Å². The van der Waals surface area contributed by atoms with E-state index < -0.39 is 0 Å². The van der Waals surface area contributed by atoms with Crippen LogP contribution >= 0.6 is 11.6 Å². The molecule has 0 N–H and O–H groups in total. The van der Waals surface area contributed by atoms with Gasteiger partial charge in [-0.15, -0.1) is 0 Å². The van der Waals surface area contributed by atoms with Crippen LogP contribution in [-0.4, -0.2) is 43.3 Å². The molecule has 1 aromatic carbocycles. The average molecular weight is 323 g/mol. The van der Waals surface area contributed by atoms with E-state index in [0.29, 0.717) is 42.7 Å². The summed E-state index contributed by atoms with van der Waals surface area (Å²) in [5.41, 5.74) is 0.633. The van der Waals surface area contributed by atoms with Gasteiger partial charge in [0, 0.05) is 26.2 Å². The molecule has 22 heavy (non-hydrogen) atoms. The average Bonchev–Trinajstić information content (AvgIpc) is 2.56. The van der Waals surface area contributed by atoms with Crippen molar-refractivity contribution in [1.82, 2.24) is 9.97 Å². The molecule has 0 unspecified atom stereocenters. The number of hydrogen-bond donors (Lipinski definition) is 0. The zero-order valence-corrected chi connectivity index (χ0v) is 12.9. The predicted molar refractivity (Wildman–Crippen MR) is 84.4 cm³/mol. The van der Waals surface area contributed by atoms with Crippen LogP contribution in [0.5, 0.6) is 6.01 Å². The second-order valence-electron chi connectivity index (χ2n) is 4.95. The second-order valence-corrected chi connectivity index (χ2v) is 5.36. The molecule has 7 heteroatoms. The summed E-state index contributed by atoms with van der Waals surface area (Å²) in [6.07, 6.45) is 1.53. The van der Waals surface area contributed by atoms with Gasteiger partial charge in [0.25, 0.3) is 0 Å². The van der Waals surface area contributed by atoms with E-state index in [1.54, 1.807) is 12.1 Å².